The van der Waals surface area contributed by atoms with Gasteiger partial charge in [0, 0.05) is 6.61 Å². The van der Waals surface area contributed by atoms with Crippen LogP contribution < -0.4 is 14.2 Å². The van der Waals surface area contributed by atoms with E-state index in [4.69, 9.17) is 18.9 Å². The smallest absolute Gasteiger partial charge is 0.354 e. The Kier molecular flexibility index (Phi) is 19.1. The van der Waals surface area contributed by atoms with Crippen LogP contribution >= 0.6 is 0 Å². The lowest BCUT2D eigenvalue weighted by molar-refractivity contribution is -0.146. The van der Waals surface area contributed by atoms with Crippen LogP contribution in [0.2, 0.25) is 0 Å². The zero-order chi connectivity index (χ0) is 35.8. The fraction of sp³-hybridized carbons (Fsp3) is 0.465. The Balaban J connectivity index is 1.41. The highest BCUT2D eigenvalue weighted by molar-refractivity contribution is 5.99. The van der Waals surface area contributed by atoms with Gasteiger partial charge in [0.05, 0.1) is 6.61 Å². The summed E-state index contributed by atoms with van der Waals surface area (Å²) in [6.45, 7) is 7.38. The Morgan fingerprint density at radius 3 is 1.60 bits per heavy atom. The summed E-state index contributed by atoms with van der Waals surface area (Å²) in [7, 11) is 0. The first kappa shape index (κ1) is 40.0. The number of benzene rings is 3. The van der Waals surface area contributed by atoms with Crippen LogP contribution in [0.25, 0.3) is 17.2 Å². The van der Waals surface area contributed by atoms with Crippen LogP contribution in [0, 0.1) is 11.3 Å². The maximum absolute atomic E-state index is 12.8. The molecule has 0 N–H and O–H groups in total. The van der Waals surface area contributed by atoms with E-state index in [1.165, 1.54) is 76.7 Å². The van der Waals surface area contributed by atoms with Crippen molar-refractivity contribution in [3.63, 3.8) is 0 Å². The average Bonchev–Trinajstić information content (AvgIpc) is 3.13. The van der Waals surface area contributed by atoms with Gasteiger partial charge in [-0.25, -0.2) is 9.59 Å². The van der Waals surface area contributed by atoms with Crippen LogP contribution in [0.5, 0.6) is 17.2 Å². The highest BCUT2D eigenvalue weighted by Crippen LogP contribution is 2.26. The summed E-state index contributed by atoms with van der Waals surface area (Å²) in [4.78, 5) is 25.3. The maximum Gasteiger partial charge on any atom is 0.354 e. The molecule has 1 unspecified atom stereocenters. The van der Waals surface area contributed by atoms with Gasteiger partial charge < -0.3 is 18.9 Å². The fourth-order valence-electron chi connectivity index (χ4n) is 5.39. The predicted octanol–water partition coefficient (Wildman–Crippen LogP) is 11.1. The minimum absolute atomic E-state index is 0.104. The average molecular weight is 682 g/mol. The Bertz CT molecular complexity index is 1470. The van der Waals surface area contributed by atoms with Gasteiger partial charge in [-0.3, -0.25) is 0 Å². The molecule has 3 rings (SSSR count). The number of carbonyl (C=O) groups excluding carboxylic acids is 2. The van der Waals surface area contributed by atoms with Crippen molar-refractivity contribution < 1.29 is 28.5 Å². The van der Waals surface area contributed by atoms with Crippen molar-refractivity contribution in [1.29, 1.82) is 5.26 Å². The number of unbranched alkanes of at least 4 members (excludes halogenated alkanes) is 12. The number of hydrogen-bond donors (Lipinski definition) is 0. The van der Waals surface area contributed by atoms with E-state index in [0.717, 1.165) is 36.1 Å². The van der Waals surface area contributed by atoms with Crippen LogP contribution in [0.3, 0.4) is 0 Å². The molecule has 0 fully saturated rings. The molecule has 0 spiro atoms. The Morgan fingerprint density at radius 1 is 0.620 bits per heavy atom. The molecule has 0 aliphatic carbocycles. The molecule has 3 aromatic carbocycles. The van der Waals surface area contributed by atoms with Crippen LogP contribution in [0.15, 0.2) is 78.4 Å². The zero-order valence-corrected chi connectivity index (χ0v) is 30.3. The molecular weight excluding hydrogens is 626 g/mol. The van der Waals surface area contributed by atoms with E-state index in [9.17, 15) is 14.9 Å². The maximum atomic E-state index is 12.8. The molecule has 0 aliphatic heterocycles. The van der Waals surface area contributed by atoms with Crippen molar-refractivity contribution in [2.24, 2.45) is 0 Å². The first-order valence-electron chi connectivity index (χ1n) is 18.5. The molecule has 50 heavy (non-hydrogen) atoms. The van der Waals surface area contributed by atoms with Crippen molar-refractivity contribution in [2.45, 2.75) is 117 Å². The van der Waals surface area contributed by atoms with Crippen LogP contribution in [-0.4, -0.2) is 31.3 Å². The predicted molar refractivity (Wildman–Crippen MR) is 200 cm³/mol. The zero-order valence-electron chi connectivity index (χ0n) is 30.3. The number of carbonyl (C=O) groups is 2. The third-order valence-corrected chi connectivity index (χ3v) is 8.47. The molecule has 7 nitrogen and oxygen atoms in total. The summed E-state index contributed by atoms with van der Waals surface area (Å²) in [5.41, 5.74) is 2.39. The Labute approximate surface area is 299 Å². The number of rotatable bonds is 24. The summed E-state index contributed by atoms with van der Waals surface area (Å²) in [5, 5.41) is 9.62. The number of nitriles is 1. The van der Waals surface area contributed by atoms with Gasteiger partial charge >= 0.3 is 11.9 Å². The number of hydrogen-bond acceptors (Lipinski definition) is 7. The Hall–Kier alpha value is -4.41. The third kappa shape index (κ3) is 15.4. The van der Waals surface area contributed by atoms with Crippen molar-refractivity contribution in [1.82, 2.24) is 0 Å². The fourth-order valence-corrected chi connectivity index (χ4v) is 5.39. The molecule has 268 valence electrons. The highest BCUT2D eigenvalue weighted by Gasteiger charge is 2.16. The standard InChI is InChI=1S/C43H55NO6/c1-4-6-8-10-12-13-15-16-30-47-34(3)42(45)49-40-26-20-36(21-27-40)37-22-28-41(29-23-37)50-43(46)38(33-44)32-35-18-24-39(25-19-35)48-31-17-14-11-9-7-5-2/h18-29,32,34H,4-17,30-31H2,1-3H3/b38-32+. The van der Waals surface area contributed by atoms with Crippen molar-refractivity contribution in [3.05, 3.63) is 83.9 Å². The molecule has 0 aliphatic rings. The first-order valence-corrected chi connectivity index (χ1v) is 18.5. The van der Waals surface area contributed by atoms with Gasteiger partial charge in [-0.05, 0) is 78.9 Å². The molecule has 0 radical (unpaired) electrons. The van der Waals surface area contributed by atoms with Gasteiger partial charge in [0.25, 0.3) is 0 Å². The second-order valence-corrected chi connectivity index (χ2v) is 12.7. The number of nitrogens with zero attached hydrogens (tertiary/aromatic N) is 1. The van der Waals surface area contributed by atoms with E-state index < -0.39 is 18.0 Å². The van der Waals surface area contributed by atoms with E-state index in [0.29, 0.717) is 30.3 Å². The molecule has 0 saturated carbocycles. The largest absolute Gasteiger partial charge is 0.494 e. The molecule has 0 amide bonds. The molecule has 0 aromatic heterocycles. The van der Waals surface area contributed by atoms with Crippen molar-refractivity contribution in [3.8, 4) is 34.4 Å². The van der Waals surface area contributed by atoms with Gasteiger partial charge in [0.2, 0.25) is 0 Å². The van der Waals surface area contributed by atoms with Gasteiger partial charge in [-0.1, -0.05) is 127 Å². The summed E-state index contributed by atoms with van der Waals surface area (Å²) in [6.07, 6.45) is 17.8. The summed E-state index contributed by atoms with van der Waals surface area (Å²) in [6, 6.07) is 23.5. The minimum atomic E-state index is -0.731. The van der Waals surface area contributed by atoms with Crippen molar-refractivity contribution >= 4 is 18.0 Å². The molecule has 0 bridgehead atoms. The lowest BCUT2D eigenvalue weighted by Gasteiger charge is -2.13. The second-order valence-electron chi connectivity index (χ2n) is 12.7. The van der Waals surface area contributed by atoms with Gasteiger partial charge in [-0.2, -0.15) is 5.26 Å². The summed E-state index contributed by atoms with van der Waals surface area (Å²) in [5.74, 6) is 0.379. The number of esters is 2. The summed E-state index contributed by atoms with van der Waals surface area (Å²) >= 11 is 0. The monoisotopic (exact) mass is 681 g/mol. The molecule has 7 heteroatoms. The van der Waals surface area contributed by atoms with E-state index in [2.05, 4.69) is 13.8 Å². The third-order valence-electron chi connectivity index (χ3n) is 8.47. The van der Waals surface area contributed by atoms with Gasteiger partial charge in [0.1, 0.15) is 28.9 Å². The normalized spacial score (nSPS) is 11.8. The molecule has 0 heterocycles. The lowest BCUT2D eigenvalue weighted by atomic mass is 10.1. The quantitative estimate of drug-likeness (QED) is 0.0305. The van der Waals surface area contributed by atoms with E-state index in [1.54, 1.807) is 31.2 Å². The van der Waals surface area contributed by atoms with E-state index >= 15 is 0 Å². The highest BCUT2D eigenvalue weighted by atomic mass is 16.6. The molecule has 1 atom stereocenters. The molecule has 3 aromatic rings. The Morgan fingerprint density at radius 2 is 1.08 bits per heavy atom. The first-order chi connectivity index (χ1) is 24.4. The van der Waals surface area contributed by atoms with Crippen molar-refractivity contribution in [2.75, 3.05) is 13.2 Å². The van der Waals surface area contributed by atoms with Gasteiger partial charge in [-0.15, -0.1) is 0 Å². The van der Waals surface area contributed by atoms with Crippen LogP contribution in [0.1, 0.15) is 116 Å². The molecule has 0 saturated heterocycles. The lowest BCUT2D eigenvalue weighted by Crippen LogP contribution is -2.26. The van der Waals surface area contributed by atoms with E-state index in [-0.39, 0.29) is 5.57 Å². The minimum Gasteiger partial charge on any atom is -0.494 e. The topological polar surface area (TPSA) is 94.9 Å². The van der Waals surface area contributed by atoms with Crippen LogP contribution in [0.4, 0.5) is 0 Å². The summed E-state index contributed by atoms with van der Waals surface area (Å²) < 4.78 is 22.5. The second kappa shape index (κ2) is 23.9. The number of ether oxygens (including phenoxy) is 4. The van der Waals surface area contributed by atoms with E-state index in [1.807, 2.05) is 54.6 Å². The molecular formula is C43H55NO6. The SMILES string of the molecule is CCCCCCCCCCOC(C)C(=O)Oc1ccc(-c2ccc(OC(=O)/C(C#N)=C/c3ccc(OCCCCCCCC)cc3)cc2)cc1. The van der Waals surface area contributed by atoms with Crippen LogP contribution in [-0.2, 0) is 14.3 Å². The van der Waals surface area contributed by atoms with Gasteiger partial charge in [0.15, 0.2) is 6.10 Å².